The van der Waals surface area contributed by atoms with Crippen LogP contribution in [0.25, 0.3) is 0 Å². The predicted octanol–water partition coefficient (Wildman–Crippen LogP) is -0.992. The molecule has 0 spiro atoms. The number of nitrogens with zero attached hydrogens (tertiary/aromatic N) is 1. The number of urea groups is 1. The molecule has 8 nitrogen and oxygen atoms in total. The van der Waals surface area contributed by atoms with E-state index in [-0.39, 0.29) is 31.9 Å². The minimum Gasteiger partial charge on any atom is -0.479 e. The maximum atomic E-state index is 11.9. The van der Waals surface area contributed by atoms with Crippen LogP contribution in [0, 0.1) is 0 Å². The molecule has 0 aliphatic carbocycles. The minimum absolute atomic E-state index is 0.0443. The third-order valence-corrected chi connectivity index (χ3v) is 3.08. The number of amides is 3. The Hall–Kier alpha value is -1.83. The fraction of sp³-hybridized carbons (Fsp3) is 0.727. The van der Waals surface area contributed by atoms with Crippen molar-refractivity contribution in [2.75, 3.05) is 33.9 Å². The Morgan fingerprint density at radius 1 is 1.42 bits per heavy atom. The van der Waals surface area contributed by atoms with E-state index in [1.807, 2.05) is 0 Å². The zero-order valence-corrected chi connectivity index (χ0v) is 11.1. The number of hydrogen-bond donors (Lipinski definition) is 3. The van der Waals surface area contributed by atoms with Crippen molar-refractivity contribution in [2.24, 2.45) is 0 Å². The fourth-order valence-electron chi connectivity index (χ4n) is 1.68. The molecule has 0 radical (unpaired) electrons. The van der Waals surface area contributed by atoms with Gasteiger partial charge in [0.15, 0.2) is 5.54 Å². The SMILES string of the molecule is CNC(=O)CCN(C)C(=O)NC1(C(=O)O)CCOC1. The maximum absolute atomic E-state index is 11.9. The second kappa shape index (κ2) is 6.37. The van der Waals surface area contributed by atoms with Crippen molar-refractivity contribution in [1.29, 1.82) is 0 Å². The molecule has 19 heavy (non-hydrogen) atoms. The number of aliphatic carboxylic acids is 1. The summed E-state index contributed by atoms with van der Waals surface area (Å²) < 4.78 is 5.04. The van der Waals surface area contributed by atoms with E-state index in [9.17, 15) is 19.5 Å². The topological polar surface area (TPSA) is 108 Å². The van der Waals surface area contributed by atoms with E-state index in [0.717, 1.165) is 0 Å². The Bertz CT molecular complexity index is 365. The Kier molecular flexibility index (Phi) is 5.11. The molecule has 1 unspecified atom stereocenters. The van der Waals surface area contributed by atoms with Gasteiger partial charge in [-0.3, -0.25) is 4.79 Å². The second-order valence-corrected chi connectivity index (χ2v) is 4.46. The van der Waals surface area contributed by atoms with Crippen LogP contribution in [0.15, 0.2) is 0 Å². The summed E-state index contributed by atoms with van der Waals surface area (Å²) in [5.41, 5.74) is -1.36. The van der Waals surface area contributed by atoms with Gasteiger partial charge in [-0.15, -0.1) is 0 Å². The minimum atomic E-state index is -1.36. The lowest BCUT2D eigenvalue weighted by molar-refractivity contribution is -0.144. The highest BCUT2D eigenvalue weighted by Crippen LogP contribution is 2.19. The van der Waals surface area contributed by atoms with Crippen molar-refractivity contribution in [3.05, 3.63) is 0 Å². The second-order valence-electron chi connectivity index (χ2n) is 4.46. The van der Waals surface area contributed by atoms with E-state index in [0.29, 0.717) is 6.61 Å². The number of carboxylic acid groups (broad SMARTS) is 1. The maximum Gasteiger partial charge on any atom is 0.332 e. The Labute approximate surface area is 111 Å². The van der Waals surface area contributed by atoms with Crippen LogP contribution in [-0.2, 0) is 14.3 Å². The summed E-state index contributed by atoms with van der Waals surface area (Å²) in [6.07, 6.45) is 0.397. The first-order chi connectivity index (χ1) is 8.91. The van der Waals surface area contributed by atoms with Crippen LogP contribution in [0.5, 0.6) is 0 Å². The van der Waals surface area contributed by atoms with Gasteiger partial charge in [0, 0.05) is 40.1 Å². The van der Waals surface area contributed by atoms with E-state index in [1.54, 1.807) is 0 Å². The molecule has 0 aromatic heterocycles. The lowest BCUT2D eigenvalue weighted by Gasteiger charge is -2.27. The van der Waals surface area contributed by atoms with Crippen LogP contribution < -0.4 is 10.6 Å². The summed E-state index contributed by atoms with van der Waals surface area (Å²) in [6, 6.07) is -0.531. The molecular formula is C11H19N3O5. The average molecular weight is 273 g/mol. The van der Waals surface area contributed by atoms with Crippen LogP contribution >= 0.6 is 0 Å². The van der Waals surface area contributed by atoms with E-state index in [1.165, 1.54) is 19.0 Å². The van der Waals surface area contributed by atoms with Gasteiger partial charge in [-0.1, -0.05) is 0 Å². The number of nitrogens with one attached hydrogen (secondary N) is 2. The Morgan fingerprint density at radius 3 is 2.58 bits per heavy atom. The molecule has 8 heteroatoms. The van der Waals surface area contributed by atoms with Crippen molar-refractivity contribution in [3.63, 3.8) is 0 Å². The summed E-state index contributed by atoms with van der Waals surface area (Å²) in [7, 11) is 3.02. The molecule has 1 heterocycles. The Morgan fingerprint density at radius 2 is 2.11 bits per heavy atom. The molecule has 1 saturated heterocycles. The van der Waals surface area contributed by atoms with Gasteiger partial charge in [0.25, 0.3) is 0 Å². The first kappa shape index (κ1) is 15.2. The lowest BCUT2D eigenvalue weighted by atomic mass is 9.99. The zero-order valence-electron chi connectivity index (χ0n) is 11.1. The standard InChI is InChI=1S/C11H19N3O5/c1-12-8(15)3-5-14(2)10(18)13-11(9(16)17)4-6-19-7-11/h3-7H2,1-2H3,(H,12,15)(H,13,18)(H,16,17). The molecule has 1 fully saturated rings. The van der Waals surface area contributed by atoms with Crippen LogP contribution in [0.3, 0.4) is 0 Å². The van der Waals surface area contributed by atoms with Gasteiger partial charge in [-0.05, 0) is 0 Å². The lowest BCUT2D eigenvalue weighted by Crippen LogP contribution is -2.58. The molecule has 0 aromatic carbocycles. The fourth-order valence-corrected chi connectivity index (χ4v) is 1.68. The van der Waals surface area contributed by atoms with Crippen molar-refractivity contribution in [3.8, 4) is 0 Å². The van der Waals surface area contributed by atoms with Gasteiger partial charge in [-0.2, -0.15) is 0 Å². The smallest absolute Gasteiger partial charge is 0.332 e. The third kappa shape index (κ3) is 3.82. The molecular weight excluding hydrogens is 254 g/mol. The normalized spacial score (nSPS) is 21.8. The molecule has 1 aliphatic heterocycles. The number of hydrogen-bond acceptors (Lipinski definition) is 4. The van der Waals surface area contributed by atoms with Crippen molar-refractivity contribution < 1.29 is 24.2 Å². The average Bonchev–Trinajstić information content (AvgIpc) is 2.85. The van der Waals surface area contributed by atoms with E-state index < -0.39 is 17.5 Å². The summed E-state index contributed by atoms with van der Waals surface area (Å²) in [4.78, 5) is 35.4. The molecule has 3 amide bonds. The number of rotatable bonds is 5. The van der Waals surface area contributed by atoms with E-state index in [4.69, 9.17) is 4.74 Å². The van der Waals surface area contributed by atoms with Gasteiger partial charge in [-0.25, -0.2) is 9.59 Å². The molecule has 1 atom stereocenters. The van der Waals surface area contributed by atoms with Crippen LogP contribution in [0.4, 0.5) is 4.79 Å². The number of ether oxygens (including phenoxy) is 1. The number of carboxylic acids is 1. The Balaban J connectivity index is 2.53. The quantitative estimate of drug-likeness (QED) is 0.596. The third-order valence-electron chi connectivity index (χ3n) is 3.08. The zero-order chi connectivity index (χ0) is 14.5. The molecule has 3 N–H and O–H groups in total. The predicted molar refractivity (Wildman–Crippen MR) is 65.6 cm³/mol. The molecule has 0 saturated carbocycles. The van der Waals surface area contributed by atoms with Crippen molar-refractivity contribution in [1.82, 2.24) is 15.5 Å². The summed E-state index contributed by atoms with van der Waals surface area (Å²) in [6.45, 7) is 0.466. The molecule has 1 rings (SSSR count). The van der Waals surface area contributed by atoms with Gasteiger partial charge >= 0.3 is 12.0 Å². The highest BCUT2D eigenvalue weighted by molar-refractivity contribution is 5.87. The summed E-state index contributed by atoms with van der Waals surface area (Å²) >= 11 is 0. The van der Waals surface area contributed by atoms with Crippen LogP contribution in [0.2, 0.25) is 0 Å². The first-order valence-electron chi connectivity index (χ1n) is 5.96. The largest absolute Gasteiger partial charge is 0.479 e. The highest BCUT2D eigenvalue weighted by Gasteiger charge is 2.44. The monoisotopic (exact) mass is 273 g/mol. The van der Waals surface area contributed by atoms with E-state index >= 15 is 0 Å². The van der Waals surface area contributed by atoms with Crippen LogP contribution in [-0.4, -0.2) is 67.3 Å². The van der Waals surface area contributed by atoms with Gasteiger partial charge in [0.05, 0.1) is 6.61 Å². The highest BCUT2D eigenvalue weighted by atomic mass is 16.5. The van der Waals surface area contributed by atoms with Gasteiger partial charge < -0.3 is 25.4 Å². The van der Waals surface area contributed by atoms with E-state index in [2.05, 4.69) is 10.6 Å². The first-order valence-corrected chi connectivity index (χ1v) is 5.96. The number of carbonyl (C=O) groups is 3. The summed E-state index contributed by atoms with van der Waals surface area (Å²) in [5.74, 6) is -1.30. The molecule has 0 bridgehead atoms. The van der Waals surface area contributed by atoms with Crippen molar-refractivity contribution >= 4 is 17.9 Å². The molecule has 0 aromatic rings. The molecule has 1 aliphatic rings. The van der Waals surface area contributed by atoms with Crippen LogP contribution in [0.1, 0.15) is 12.8 Å². The van der Waals surface area contributed by atoms with Crippen molar-refractivity contribution in [2.45, 2.75) is 18.4 Å². The summed E-state index contributed by atoms with van der Waals surface area (Å²) in [5, 5.41) is 14.1. The number of carbonyl (C=O) groups excluding carboxylic acids is 2. The van der Waals surface area contributed by atoms with Gasteiger partial charge in [0.2, 0.25) is 5.91 Å². The van der Waals surface area contributed by atoms with Gasteiger partial charge in [0.1, 0.15) is 0 Å². The molecule has 108 valence electrons.